The average molecular weight is 490 g/mol. The number of carboxylic acid groups (broad SMARTS) is 2. The minimum absolute atomic E-state index is 0.369. The fourth-order valence-corrected chi connectivity index (χ4v) is 4.41. The van der Waals surface area contributed by atoms with Crippen LogP contribution in [0, 0.1) is 0 Å². The van der Waals surface area contributed by atoms with Crippen LogP contribution in [0.3, 0.4) is 0 Å². The number of likely N-dealkylation sites (N-methyl/N-ethyl adjacent to an activating group) is 1. The number of Topliss-reactive ketones (excluding diaryl/α,β-unsaturated/α-hetero) is 1. The van der Waals surface area contributed by atoms with Crippen molar-refractivity contribution in [2.75, 3.05) is 27.7 Å². The van der Waals surface area contributed by atoms with Gasteiger partial charge in [0.1, 0.15) is 0 Å². The summed E-state index contributed by atoms with van der Waals surface area (Å²) in [5.41, 5.74) is 2.85. The maximum absolute atomic E-state index is 13.1. The fourth-order valence-electron chi connectivity index (χ4n) is 3.25. The van der Waals surface area contributed by atoms with Crippen molar-refractivity contribution in [3.8, 4) is 0 Å². The van der Waals surface area contributed by atoms with E-state index in [1.54, 1.807) is 36.4 Å². The molecule has 0 spiro atoms. The summed E-state index contributed by atoms with van der Waals surface area (Å²) in [7, 11) is 1.48. The summed E-state index contributed by atoms with van der Waals surface area (Å²) in [6.07, 6.45) is 2.77. The lowest BCUT2D eigenvalue weighted by Crippen LogP contribution is -2.31. The molecule has 34 heavy (non-hydrogen) atoms. The number of aromatic amines is 1. The SMILES string of the molecule is CNS(=O)(=O)C(C(=O)c1ccccc1)c1ccc2[nH]cc(CCN(C)C)c2c1.O=C(O)C(=O)O. The molecule has 10 nitrogen and oxygen atoms in total. The number of carboxylic acids is 2. The Bertz CT molecular complexity index is 1260. The molecular formula is C23H27N3O7S. The molecule has 3 aromatic rings. The molecule has 0 saturated carbocycles. The van der Waals surface area contributed by atoms with Crippen LogP contribution in [0.4, 0.5) is 0 Å². The first kappa shape index (κ1) is 26.7. The van der Waals surface area contributed by atoms with E-state index < -0.39 is 33.0 Å². The first-order valence-corrected chi connectivity index (χ1v) is 11.7. The zero-order valence-corrected chi connectivity index (χ0v) is 19.8. The number of nitrogens with zero attached hydrogens (tertiary/aromatic N) is 1. The molecule has 1 aromatic heterocycles. The molecule has 1 unspecified atom stereocenters. The Labute approximate surface area is 197 Å². The van der Waals surface area contributed by atoms with Gasteiger partial charge in [-0.1, -0.05) is 36.4 Å². The van der Waals surface area contributed by atoms with Crippen molar-refractivity contribution >= 4 is 38.6 Å². The molecule has 0 aliphatic carbocycles. The van der Waals surface area contributed by atoms with Gasteiger partial charge in [0.2, 0.25) is 10.0 Å². The van der Waals surface area contributed by atoms with Gasteiger partial charge in [0.15, 0.2) is 11.0 Å². The minimum Gasteiger partial charge on any atom is -0.473 e. The van der Waals surface area contributed by atoms with Crippen LogP contribution in [0.1, 0.15) is 26.7 Å². The molecule has 0 radical (unpaired) electrons. The number of benzene rings is 2. The lowest BCUT2D eigenvalue weighted by Gasteiger charge is -2.17. The van der Waals surface area contributed by atoms with Crippen molar-refractivity contribution < 1.29 is 33.0 Å². The number of carbonyl (C=O) groups excluding carboxylic acids is 1. The summed E-state index contributed by atoms with van der Waals surface area (Å²) in [5, 5.41) is 14.4. The lowest BCUT2D eigenvalue weighted by atomic mass is 10.00. The minimum atomic E-state index is -3.87. The van der Waals surface area contributed by atoms with Gasteiger partial charge in [0, 0.05) is 29.2 Å². The predicted octanol–water partition coefficient (Wildman–Crippen LogP) is 1.90. The number of fused-ring (bicyclic) bond motifs is 1. The van der Waals surface area contributed by atoms with Crippen LogP contribution >= 0.6 is 0 Å². The molecule has 0 bridgehead atoms. The van der Waals surface area contributed by atoms with E-state index in [2.05, 4.69) is 14.6 Å². The van der Waals surface area contributed by atoms with Crippen LogP contribution in [0.15, 0.2) is 54.7 Å². The van der Waals surface area contributed by atoms with Gasteiger partial charge in [0.25, 0.3) is 0 Å². The molecule has 0 aliphatic heterocycles. The first-order valence-electron chi connectivity index (χ1n) is 10.2. The highest BCUT2D eigenvalue weighted by atomic mass is 32.2. The second-order valence-corrected chi connectivity index (χ2v) is 9.61. The average Bonchev–Trinajstić information content (AvgIpc) is 3.21. The normalized spacial score (nSPS) is 12.1. The molecule has 0 fully saturated rings. The third-order valence-electron chi connectivity index (χ3n) is 5.00. The number of hydrogen-bond acceptors (Lipinski definition) is 6. The van der Waals surface area contributed by atoms with Crippen molar-refractivity contribution in [1.82, 2.24) is 14.6 Å². The van der Waals surface area contributed by atoms with E-state index in [0.29, 0.717) is 11.1 Å². The van der Waals surface area contributed by atoms with Gasteiger partial charge >= 0.3 is 11.9 Å². The molecule has 182 valence electrons. The van der Waals surface area contributed by atoms with Gasteiger partial charge in [-0.15, -0.1) is 0 Å². The van der Waals surface area contributed by atoms with E-state index >= 15 is 0 Å². The largest absolute Gasteiger partial charge is 0.473 e. The van der Waals surface area contributed by atoms with E-state index in [4.69, 9.17) is 19.8 Å². The molecule has 2 aromatic carbocycles. The zero-order valence-electron chi connectivity index (χ0n) is 19.0. The summed E-state index contributed by atoms with van der Waals surface area (Å²) in [5.74, 6) is -4.09. The fraction of sp³-hybridized carbons (Fsp3) is 0.261. The molecule has 11 heteroatoms. The quantitative estimate of drug-likeness (QED) is 0.276. The number of nitrogens with one attached hydrogen (secondary N) is 2. The smallest absolute Gasteiger partial charge is 0.414 e. The lowest BCUT2D eigenvalue weighted by molar-refractivity contribution is -0.159. The van der Waals surface area contributed by atoms with E-state index in [1.807, 2.05) is 32.4 Å². The standard InChI is InChI=1S/C21H25N3O3S.C2H2O4/c1-22-28(26,27)21(20(25)15-7-5-4-6-8-15)16-9-10-19-18(13-16)17(14-23-19)11-12-24(2)3;3-1(4)2(5)6/h4-10,13-14,21-23H,11-12H2,1-3H3;(H,3,4)(H,5,6). The highest BCUT2D eigenvalue weighted by Gasteiger charge is 2.34. The molecule has 4 N–H and O–H groups in total. The number of hydrogen-bond donors (Lipinski definition) is 4. The van der Waals surface area contributed by atoms with Crippen molar-refractivity contribution in [1.29, 1.82) is 0 Å². The Morgan fingerprint density at radius 1 is 1.03 bits per heavy atom. The Balaban J connectivity index is 0.000000604. The van der Waals surface area contributed by atoms with Gasteiger partial charge in [-0.2, -0.15) is 0 Å². The number of sulfonamides is 1. The predicted molar refractivity (Wildman–Crippen MR) is 127 cm³/mol. The van der Waals surface area contributed by atoms with E-state index in [1.165, 1.54) is 7.05 Å². The molecule has 0 amide bonds. The van der Waals surface area contributed by atoms with Crippen LogP contribution in [0.5, 0.6) is 0 Å². The third-order valence-corrected chi connectivity index (χ3v) is 6.67. The van der Waals surface area contributed by atoms with Crippen LogP contribution in [-0.4, -0.2) is 73.9 Å². The number of aliphatic carboxylic acids is 2. The summed E-state index contributed by atoms with van der Waals surface area (Å²) >= 11 is 0. The van der Waals surface area contributed by atoms with Gasteiger partial charge in [-0.05, 0) is 50.8 Å². The first-order chi connectivity index (χ1) is 16.0. The van der Waals surface area contributed by atoms with Gasteiger partial charge in [-0.3, -0.25) is 4.79 Å². The monoisotopic (exact) mass is 489 g/mol. The highest BCUT2D eigenvalue weighted by molar-refractivity contribution is 7.90. The van der Waals surface area contributed by atoms with Crippen LogP contribution in [0.25, 0.3) is 10.9 Å². The van der Waals surface area contributed by atoms with Gasteiger partial charge < -0.3 is 20.1 Å². The van der Waals surface area contributed by atoms with Crippen molar-refractivity contribution in [3.05, 3.63) is 71.4 Å². The molecule has 3 rings (SSSR count). The summed E-state index contributed by atoms with van der Waals surface area (Å²) in [6.45, 7) is 0.873. The summed E-state index contributed by atoms with van der Waals surface area (Å²) in [4.78, 5) is 36.6. The Kier molecular flexibility index (Phi) is 9.07. The molecule has 1 atom stereocenters. The second kappa shape index (κ2) is 11.5. The third kappa shape index (κ3) is 6.73. The van der Waals surface area contributed by atoms with Crippen LogP contribution in [-0.2, 0) is 26.0 Å². The van der Waals surface area contributed by atoms with Crippen LogP contribution in [0.2, 0.25) is 0 Å². The molecule has 0 aliphatic rings. The van der Waals surface area contributed by atoms with Gasteiger partial charge in [0.05, 0.1) is 0 Å². The Hall–Kier alpha value is -3.54. The summed E-state index contributed by atoms with van der Waals surface area (Å²) < 4.78 is 27.8. The zero-order chi connectivity index (χ0) is 25.5. The van der Waals surface area contributed by atoms with E-state index in [9.17, 15) is 13.2 Å². The molecular weight excluding hydrogens is 462 g/mol. The topological polar surface area (TPSA) is 157 Å². The second-order valence-electron chi connectivity index (χ2n) is 7.64. The van der Waals surface area contributed by atoms with Crippen molar-refractivity contribution in [2.45, 2.75) is 11.7 Å². The number of carbonyl (C=O) groups is 3. The number of H-pyrrole nitrogens is 1. The highest BCUT2D eigenvalue weighted by Crippen LogP contribution is 2.30. The van der Waals surface area contributed by atoms with Crippen molar-refractivity contribution in [2.24, 2.45) is 0 Å². The Morgan fingerprint density at radius 3 is 2.18 bits per heavy atom. The maximum atomic E-state index is 13.1. The van der Waals surface area contributed by atoms with Crippen LogP contribution < -0.4 is 4.72 Å². The van der Waals surface area contributed by atoms with E-state index in [-0.39, 0.29) is 0 Å². The number of aromatic nitrogens is 1. The maximum Gasteiger partial charge on any atom is 0.414 e. The number of ketones is 1. The summed E-state index contributed by atoms with van der Waals surface area (Å²) in [6, 6.07) is 13.9. The molecule has 1 heterocycles. The van der Waals surface area contributed by atoms with Gasteiger partial charge in [-0.25, -0.2) is 22.7 Å². The Morgan fingerprint density at radius 2 is 1.65 bits per heavy atom. The number of rotatable bonds is 8. The van der Waals surface area contributed by atoms with E-state index in [0.717, 1.165) is 29.4 Å². The van der Waals surface area contributed by atoms with Crippen molar-refractivity contribution in [3.63, 3.8) is 0 Å². The molecule has 0 saturated heterocycles.